The molecule has 0 fully saturated rings. The van der Waals surface area contributed by atoms with Crippen molar-refractivity contribution in [3.63, 3.8) is 0 Å². The Bertz CT molecular complexity index is 1080. The smallest absolute Gasteiger partial charge is 0.196 e. The van der Waals surface area contributed by atoms with E-state index >= 15 is 0 Å². The number of thiophene rings is 1. The average Bonchev–Trinajstić information content (AvgIpc) is 3.44. The fraction of sp³-hybridized carbons (Fsp3) is 0.190. The minimum absolute atomic E-state index is 0.109. The molecule has 0 saturated carbocycles. The number of benzene rings is 1. The zero-order valence-corrected chi connectivity index (χ0v) is 17.3. The number of carbonyl (C=O) groups excluding carboxylic acids is 1. The van der Waals surface area contributed by atoms with Crippen LogP contribution in [0.15, 0.2) is 65.4 Å². The number of thioether (sulfide) groups is 1. The van der Waals surface area contributed by atoms with Crippen molar-refractivity contribution in [2.45, 2.75) is 25.5 Å². The normalized spacial score (nSPS) is 11.1. The number of nitrogens with zero attached hydrogens (tertiary/aromatic N) is 4. The summed E-state index contributed by atoms with van der Waals surface area (Å²) in [6.07, 6.45) is 1.68. The molecule has 0 N–H and O–H groups in total. The average molecular weight is 409 g/mol. The van der Waals surface area contributed by atoms with Crippen LogP contribution in [0.5, 0.6) is 0 Å². The van der Waals surface area contributed by atoms with E-state index in [1.54, 1.807) is 17.7 Å². The molecule has 0 aliphatic heterocycles. The molecule has 0 unspecified atom stereocenters. The third-order valence-electron chi connectivity index (χ3n) is 4.65. The van der Waals surface area contributed by atoms with Gasteiger partial charge in [-0.15, -0.1) is 21.5 Å². The molecule has 5 nitrogen and oxygen atoms in total. The van der Waals surface area contributed by atoms with Crippen LogP contribution in [0.1, 0.15) is 26.6 Å². The summed E-state index contributed by atoms with van der Waals surface area (Å²) >= 11 is 3.15. The number of Topliss-reactive ketones (excluding diaryl/α,β-unsaturated/α-hetero) is 1. The molecule has 0 amide bonds. The van der Waals surface area contributed by atoms with E-state index in [0.29, 0.717) is 10.9 Å². The Morgan fingerprint density at radius 3 is 2.71 bits per heavy atom. The van der Waals surface area contributed by atoms with Crippen molar-refractivity contribution in [2.75, 3.05) is 5.75 Å². The van der Waals surface area contributed by atoms with E-state index in [-0.39, 0.29) is 5.78 Å². The fourth-order valence-electron chi connectivity index (χ4n) is 3.18. The second kappa shape index (κ2) is 8.16. The van der Waals surface area contributed by atoms with Crippen LogP contribution >= 0.6 is 23.1 Å². The van der Waals surface area contributed by atoms with E-state index in [2.05, 4.69) is 39.2 Å². The standard InChI is InChI=1S/C21H20N4OS2/c1-15-11-19(16(2)24(15)12-18-9-6-10-27-18)20(26)13-28-21-23-22-14-25(21)17-7-4-3-5-8-17/h3-11,14H,12-13H2,1-2H3. The van der Waals surface area contributed by atoms with Gasteiger partial charge in [-0.25, -0.2) is 0 Å². The molecular weight excluding hydrogens is 388 g/mol. The van der Waals surface area contributed by atoms with Crippen LogP contribution in [0.25, 0.3) is 5.69 Å². The topological polar surface area (TPSA) is 52.7 Å². The number of carbonyl (C=O) groups is 1. The van der Waals surface area contributed by atoms with Gasteiger partial charge in [-0.05, 0) is 43.5 Å². The van der Waals surface area contributed by atoms with Crippen LogP contribution in [0, 0.1) is 13.8 Å². The third kappa shape index (κ3) is 3.81. The second-order valence-electron chi connectivity index (χ2n) is 6.48. The van der Waals surface area contributed by atoms with E-state index in [0.717, 1.165) is 29.2 Å². The Morgan fingerprint density at radius 2 is 1.96 bits per heavy atom. The van der Waals surface area contributed by atoms with Crippen molar-refractivity contribution in [3.8, 4) is 5.69 Å². The molecule has 0 bridgehead atoms. The first-order chi connectivity index (χ1) is 13.6. The van der Waals surface area contributed by atoms with Crippen molar-refractivity contribution >= 4 is 28.9 Å². The van der Waals surface area contributed by atoms with E-state index < -0.39 is 0 Å². The van der Waals surface area contributed by atoms with Gasteiger partial charge < -0.3 is 4.57 Å². The summed E-state index contributed by atoms with van der Waals surface area (Å²) in [5, 5.41) is 11.0. The SMILES string of the molecule is Cc1cc(C(=O)CSc2nncn2-c2ccccc2)c(C)n1Cc1cccs1. The largest absolute Gasteiger partial charge is 0.343 e. The minimum Gasteiger partial charge on any atom is -0.343 e. The molecule has 0 atom stereocenters. The predicted octanol–water partition coefficient (Wildman–Crippen LogP) is 4.77. The highest BCUT2D eigenvalue weighted by Crippen LogP contribution is 2.24. The van der Waals surface area contributed by atoms with Crippen LogP contribution in [0.4, 0.5) is 0 Å². The minimum atomic E-state index is 0.109. The van der Waals surface area contributed by atoms with E-state index in [9.17, 15) is 4.79 Å². The summed E-state index contributed by atoms with van der Waals surface area (Å²) < 4.78 is 4.11. The molecule has 0 spiro atoms. The summed E-state index contributed by atoms with van der Waals surface area (Å²) in [5.41, 5.74) is 3.89. The lowest BCUT2D eigenvalue weighted by Gasteiger charge is -2.08. The molecule has 0 aliphatic carbocycles. The van der Waals surface area contributed by atoms with Crippen LogP contribution in [0.2, 0.25) is 0 Å². The maximum absolute atomic E-state index is 12.9. The molecule has 3 aromatic heterocycles. The van der Waals surface area contributed by atoms with Gasteiger partial charge in [0.15, 0.2) is 10.9 Å². The van der Waals surface area contributed by atoms with Crippen LogP contribution in [-0.4, -0.2) is 30.9 Å². The van der Waals surface area contributed by atoms with E-state index in [1.165, 1.54) is 16.6 Å². The molecular formula is C21H20N4OS2. The molecule has 4 rings (SSSR count). The lowest BCUT2D eigenvalue weighted by molar-refractivity contribution is 0.102. The Labute approximate surface area is 172 Å². The quantitative estimate of drug-likeness (QED) is 0.326. The lowest BCUT2D eigenvalue weighted by Crippen LogP contribution is -2.07. The van der Waals surface area contributed by atoms with Gasteiger partial charge in [-0.2, -0.15) is 0 Å². The number of ketones is 1. The summed E-state index contributed by atoms with van der Waals surface area (Å²) in [5.74, 6) is 0.438. The van der Waals surface area contributed by atoms with Gasteiger partial charge in [0.25, 0.3) is 0 Å². The van der Waals surface area contributed by atoms with Crippen molar-refractivity contribution in [2.24, 2.45) is 0 Å². The molecule has 28 heavy (non-hydrogen) atoms. The summed E-state index contributed by atoms with van der Waals surface area (Å²) in [7, 11) is 0. The van der Waals surface area contributed by atoms with Crippen LogP contribution < -0.4 is 0 Å². The van der Waals surface area contributed by atoms with Gasteiger partial charge >= 0.3 is 0 Å². The highest BCUT2D eigenvalue weighted by molar-refractivity contribution is 7.99. The molecule has 4 aromatic rings. The molecule has 7 heteroatoms. The zero-order chi connectivity index (χ0) is 19.5. The Morgan fingerprint density at radius 1 is 1.14 bits per heavy atom. The first kappa shape index (κ1) is 18.7. The molecule has 3 heterocycles. The summed E-state index contributed by atoms with van der Waals surface area (Å²) in [4.78, 5) is 14.2. The van der Waals surface area contributed by atoms with Gasteiger partial charge in [0.2, 0.25) is 0 Å². The highest BCUT2D eigenvalue weighted by Gasteiger charge is 2.18. The third-order valence-corrected chi connectivity index (χ3v) is 6.46. The second-order valence-corrected chi connectivity index (χ2v) is 8.46. The number of hydrogen-bond donors (Lipinski definition) is 0. The first-order valence-electron chi connectivity index (χ1n) is 8.94. The molecule has 1 aromatic carbocycles. The van der Waals surface area contributed by atoms with Crippen molar-refractivity contribution in [1.82, 2.24) is 19.3 Å². The lowest BCUT2D eigenvalue weighted by atomic mass is 10.2. The number of aryl methyl sites for hydroxylation is 1. The van der Waals surface area contributed by atoms with Crippen molar-refractivity contribution < 1.29 is 4.79 Å². The zero-order valence-electron chi connectivity index (χ0n) is 15.7. The number of aromatic nitrogens is 4. The number of hydrogen-bond acceptors (Lipinski definition) is 5. The van der Waals surface area contributed by atoms with Crippen molar-refractivity contribution in [3.05, 3.63) is 82.1 Å². The monoisotopic (exact) mass is 408 g/mol. The maximum Gasteiger partial charge on any atom is 0.196 e. The predicted molar refractivity (Wildman–Crippen MR) is 114 cm³/mol. The molecule has 0 saturated heterocycles. The number of para-hydroxylation sites is 1. The van der Waals surface area contributed by atoms with E-state index in [1.807, 2.05) is 47.9 Å². The molecule has 0 aliphatic rings. The maximum atomic E-state index is 12.9. The van der Waals surface area contributed by atoms with Gasteiger partial charge in [-0.3, -0.25) is 9.36 Å². The Balaban J connectivity index is 1.49. The highest BCUT2D eigenvalue weighted by atomic mass is 32.2. The Hall–Kier alpha value is -2.64. The van der Waals surface area contributed by atoms with Crippen LogP contribution in [-0.2, 0) is 6.54 Å². The van der Waals surface area contributed by atoms with Gasteiger partial charge in [-0.1, -0.05) is 36.0 Å². The summed E-state index contributed by atoms with van der Waals surface area (Å²) in [6, 6.07) is 16.1. The first-order valence-corrected chi connectivity index (χ1v) is 10.8. The fourth-order valence-corrected chi connectivity index (χ4v) is 4.69. The van der Waals surface area contributed by atoms with Gasteiger partial charge in [0, 0.05) is 27.5 Å². The summed E-state index contributed by atoms with van der Waals surface area (Å²) in [6.45, 7) is 4.87. The van der Waals surface area contributed by atoms with E-state index in [4.69, 9.17) is 0 Å². The van der Waals surface area contributed by atoms with Gasteiger partial charge in [0.1, 0.15) is 6.33 Å². The van der Waals surface area contributed by atoms with Crippen LogP contribution in [0.3, 0.4) is 0 Å². The Kier molecular flexibility index (Phi) is 5.45. The number of rotatable bonds is 7. The van der Waals surface area contributed by atoms with Crippen molar-refractivity contribution in [1.29, 1.82) is 0 Å². The van der Waals surface area contributed by atoms with Gasteiger partial charge in [0.05, 0.1) is 12.3 Å². The molecule has 142 valence electrons. The molecule has 0 radical (unpaired) electrons.